The zero-order chi connectivity index (χ0) is 18.6. The van der Waals surface area contributed by atoms with Gasteiger partial charge in [0.05, 0.1) is 15.4 Å². The number of piperidine rings is 1. The van der Waals surface area contributed by atoms with Gasteiger partial charge in [-0.1, -0.05) is 0 Å². The van der Waals surface area contributed by atoms with Gasteiger partial charge in [0.15, 0.2) is 6.61 Å². The van der Waals surface area contributed by atoms with E-state index in [2.05, 4.69) is 0 Å². The highest BCUT2D eigenvalue weighted by molar-refractivity contribution is 7.98. The van der Waals surface area contributed by atoms with Gasteiger partial charge in [-0.25, -0.2) is 4.79 Å². The molecular formula is C17H22N2O5S. The van der Waals surface area contributed by atoms with E-state index in [1.54, 1.807) is 11.2 Å². The summed E-state index contributed by atoms with van der Waals surface area (Å²) in [7, 11) is 0. The number of carbonyl (C=O) groups is 2. The molecule has 1 saturated heterocycles. The first-order valence-electron chi connectivity index (χ1n) is 8.15. The maximum absolute atomic E-state index is 12.4. The van der Waals surface area contributed by atoms with Crippen molar-refractivity contribution < 1.29 is 19.2 Å². The third kappa shape index (κ3) is 4.50. The number of likely N-dealkylation sites (tertiary alicyclic amines) is 1. The average molecular weight is 366 g/mol. The van der Waals surface area contributed by atoms with Crippen LogP contribution in [0, 0.1) is 10.1 Å². The van der Waals surface area contributed by atoms with Crippen LogP contribution >= 0.6 is 11.8 Å². The first-order chi connectivity index (χ1) is 11.8. The maximum atomic E-state index is 12.4. The highest BCUT2D eigenvalue weighted by Crippen LogP contribution is 2.28. The fourth-order valence-electron chi connectivity index (χ4n) is 3.16. The Balaban J connectivity index is 2.03. The van der Waals surface area contributed by atoms with E-state index in [9.17, 15) is 19.7 Å². The molecule has 7 nitrogen and oxygen atoms in total. The molecule has 0 saturated carbocycles. The van der Waals surface area contributed by atoms with Gasteiger partial charge in [0.2, 0.25) is 0 Å². The van der Waals surface area contributed by atoms with Gasteiger partial charge in [-0.15, -0.1) is 11.8 Å². The molecule has 0 aromatic heterocycles. The van der Waals surface area contributed by atoms with Crippen molar-refractivity contribution in [2.75, 3.05) is 12.9 Å². The summed E-state index contributed by atoms with van der Waals surface area (Å²) in [6.07, 6.45) is 4.68. The number of benzene rings is 1. The van der Waals surface area contributed by atoms with E-state index in [1.807, 2.05) is 13.8 Å². The summed E-state index contributed by atoms with van der Waals surface area (Å²) in [4.78, 5) is 37.3. The molecule has 1 aromatic carbocycles. The van der Waals surface area contributed by atoms with Crippen molar-refractivity contribution in [2.24, 2.45) is 0 Å². The molecule has 0 unspecified atom stereocenters. The molecule has 1 fully saturated rings. The Bertz CT molecular complexity index is 669. The van der Waals surface area contributed by atoms with E-state index >= 15 is 0 Å². The molecular weight excluding hydrogens is 344 g/mol. The van der Waals surface area contributed by atoms with Crippen LogP contribution in [-0.2, 0) is 9.53 Å². The fourth-order valence-corrected chi connectivity index (χ4v) is 3.70. The van der Waals surface area contributed by atoms with Crippen LogP contribution in [0.1, 0.15) is 43.5 Å². The standard InChI is InChI=1S/C17H22N2O5S/c1-11-5-4-6-12(2)18(11)16(20)10-24-17(21)13-7-8-15(25-3)14(9-13)19(22)23/h7-9,11-12H,4-6,10H2,1-3H3/t11-,12-/m0/s1. The summed E-state index contributed by atoms with van der Waals surface area (Å²) in [6, 6.07) is 4.41. The maximum Gasteiger partial charge on any atom is 0.338 e. The topological polar surface area (TPSA) is 89.8 Å². The Morgan fingerprint density at radius 3 is 2.52 bits per heavy atom. The van der Waals surface area contributed by atoms with Gasteiger partial charge in [0.1, 0.15) is 0 Å². The molecule has 1 aliphatic rings. The second-order valence-electron chi connectivity index (χ2n) is 6.15. The van der Waals surface area contributed by atoms with Crippen LogP contribution in [0.15, 0.2) is 23.1 Å². The number of ether oxygens (including phenoxy) is 1. The quantitative estimate of drug-likeness (QED) is 0.344. The van der Waals surface area contributed by atoms with Crippen molar-refractivity contribution in [3.05, 3.63) is 33.9 Å². The molecule has 1 amide bonds. The van der Waals surface area contributed by atoms with Gasteiger partial charge in [-0.2, -0.15) is 0 Å². The number of nitro groups is 1. The third-order valence-electron chi connectivity index (χ3n) is 4.42. The van der Waals surface area contributed by atoms with Crippen LogP contribution in [0.5, 0.6) is 0 Å². The molecule has 25 heavy (non-hydrogen) atoms. The van der Waals surface area contributed by atoms with Gasteiger partial charge in [0.25, 0.3) is 11.6 Å². The highest BCUT2D eigenvalue weighted by atomic mass is 32.2. The van der Waals surface area contributed by atoms with E-state index < -0.39 is 10.9 Å². The summed E-state index contributed by atoms with van der Waals surface area (Å²) in [6.45, 7) is 3.62. The Hall–Kier alpha value is -2.09. The van der Waals surface area contributed by atoms with Gasteiger partial charge in [-0.05, 0) is 51.5 Å². The molecule has 0 spiro atoms. The molecule has 2 rings (SSSR count). The summed E-state index contributed by atoms with van der Waals surface area (Å²) >= 11 is 1.23. The zero-order valence-corrected chi connectivity index (χ0v) is 15.4. The van der Waals surface area contributed by atoms with Crippen LogP contribution in [-0.4, -0.2) is 46.6 Å². The molecule has 8 heteroatoms. The zero-order valence-electron chi connectivity index (χ0n) is 14.6. The Kier molecular flexibility index (Phi) is 6.41. The van der Waals surface area contributed by atoms with E-state index in [0.717, 1.165) is 19.3 Å². The van der Waals surface area contributed by atoms with Crippen LogP contribution in [0.3, 0.4) is 0 Å². The average Bonchev–Trinajstić information content (AvgIpc) is 2.58. The summed E-state index contributed by atoms with van der Waals surface area (Å²) < 4.78 is 5.09. The first kappa shape index (κ1) is 19.2. The summed E-state index contributed by atoms with van der Waals surface area (Å²) in [5.74, 6) is -0.968. The second-order valence-corrected chi connectivity index (χ2v) is 7.00. The number of nitro benzene ring substituents is 1. The number of esters is 1. The van der Waals surface area contributed by atoms with E-state index in [0.29, 0.717) is 4.90 Å². The number of nitrogens with zero attached hydrogens (tertiary/aromatic N) is 2. The SMILES string of the molecule is CSc1ccc(C(=O)OCC(=O)N2[C@@H](C)CCC[C@@H]2C)cc1[N+](=O)[O-]. The largest absolute Gasteiger partial charge is 0.452 e. The van der Waals surface area contributed by atoms with Crippen molar-refractivity contribution in [3.63, 3.8) is 0 Å². The molecule has 1 heterocycles. The second kappa shape index (κ2) is 8.33. The van der Waals surface area contributed by atoms with Gasteiger partial charge < -0.3 is 9.64 Å². The lowest BCUT2D eigenvalue weighted by molar-refractivity contribution is -0.387. The molecule has 0 radical (unpaired) electrons. The summed E-state index contributed by atoms with van der Waals surface area (Å²) in [5.41, 5.74) is -0.0800. The van der Waals surface area contributed by atoms with Crippen molar-refractivity contribution in [1.82, 2.24) is 4.90 Å². The molecule has 0 aliphatic carbocycles. The lowest BCUT2D eigenvalue weighted by Crippen LogP contribution is -2.49. The monoisotopic (exact) mass is 366 g/mol. The van der Waals surface area contributed by atoms with Crippen molar-refractivity contribution in [3.8, 4) is 0 Å². The minimum atomic E-state index is -0.735. The van der Waals surface area contributed by atoms with E-state index in [1.165, 1.54) is 30.0 Å². The van der Waals surface area contributed by atoms with Crippen LogP contribution in [0.4, 0.5) is 5.69 Å². The van der Waals surface area contributed by atoms with E-state index in [4.69, 9.17) is 4.74 Å². The summed E-state index contributed by atoms with van der Waals surface area (Å²) in [5, 5.41) is 11.1. The number of hydrogen-bond donors (Lipinski definition) is 0. The first-order valence-corrected chi connectivity index (χ1v) is 9.38. The van der Waals surface area contributed by atoms with Crippen LogP contribution in [0.2, 0.25) is 0 Å². The number of carbonyl (C=O) groups excluding carboxylic acids is 2. The Labute approximate surface area is 150 Å². The van der Waals surface area contributed by atoms with Gasteiger partial charge >= 0.3 is 5.97 Å². The molecule has 0 N–H and O–H groups in total. The van der Waals surface area contributed by atoms with Crippen molar-refractivity contribution >= 4 is 29.3 Å². The smallest absolute Gasteiger partial charge is 0.338 e. The fraction of sp³-hybridized carbons (Fsp3) is 0.529. The third-order valence-corrected chi connectivity index (χ3v) is 5.20. The Morgan fingerprint density at radius 1 is 1.32 bits per heavy atom. The lowest BCUT2D eigenvalue weighted by atomic mass is 9.97. The normalized spacial score (nSPS) is 20.2. The molecule has 0 bridgehead atoms. The predicted octanol–water partition coefficient (Wildman–Crippen LogP) is 3.26. The number of amides is 1. The van der Waals surface area contributed by atoms with Crippen molar-refractivity contribution in [1.29, 1.82) is 0 Å². The van der Waals surface area contributed by atoms with Gasteiger partial charge in [-0.3, -0.25) is 14.9 Å². The van der Waals surface area contributed by atoms with Crippen molar-refractivity contribution in [2.45, 2.75) is 50.1 Å². The predicted molar refractivity (Wildman–Crippen MR) is 94.8 cm³/mol. The highest BCUT2D eigenvalue weighted by Gasteiger charge is 2.29. The minimum Gasteiger partial charge on any atom is -0.452 e. The minimum absolute atomic E-state index is 0.0667. The van der Waals surface area contributed by atoms with E-state index in [-0.39, 0.29) is 35.8 Å². The van der Waals surface area contributed by atoms with Crippen LogP contribution in [0.25, 0.3) is 0 Å². The Morgan fingerprint density at radius 2 is 1.96 bits per heavy atom. The molecule has 136 valence electrons. The van der Waals surface area contributed by atoms with Crippen LogP contribution < -0.4 is 0 Å². The lowest BCUT2D eigenvalue weighted by Gasteiger charge is -2.38. The number of rotatable bonds is 5. The molecule has 1 aliphatic heterocycles. The van der Waals surface area contributed by atoms with Gasteiger partial charge in [0, 0.05) is 18.2 Å². The number of hydrogen-bond acceptors (Lipinski definition) is 6. The number of thioether (sulfide) groups is 1. The molecule has 1 aromatic rings. The molecule has 2 atom stereocenters.